The largest absolute Gasteiger partial charge is 0.397 e. The summed E-state index contributed by atoms with van der Waals surface area (Å²) in [4.78, 5) is 0. The van der Waals surface area contributed by atoms with Gasteiger partial charge in [0.05, 0.1) is 5.69 Å². The van der Waals surface area contributed by atoms with E-state index in [2.05, 4.69) is 5.32 Å². The van der Waals surface area contributed by atoms with Crippen LogP contribution < -0.4 is 11.1 Å². The highest BCUT2D eigenvalue weighted by molar-refractivity contribution is 5.39. The number of aromatic nitrogens is 1. The number of aryl methyl sites for hydroxylation is 1. The molecule has 0 fully saturated rings. The van der Waals surface area contributed by atoms with E-state index in [-0.39, 0.29) is 0 Å². The monoisotopic (exact) mass is 169 g/mol. The number of aliphatic hydroxyl groups is 1. The highest BCUT2D eigenvalue weighted by Crippen LogP contribution is 2.14. The Morgan fingerprint density at radius 1 is 1.75 bits per heavy atom. The zero-order chi connectivity index (χ0) is 9.14. The van der Waals surface area contributed by atoms with Crippen molar-refractivity contribution in [2.45, 2.75) is 13.2 Å². The van der Waals surface area contributed by atoms with Gasteiger partial charge >= 0.3 is 0 Å². The maximum Gasteiger partial charge on any atom is 0.146 e. The Labute approximate surface area is 72.0 Å². The average molecular weight is 169 g/mol. The summed E-state index contributed by atoms with van der Waals surface area (Å²) in [6.07, 6.45) is 1.15. The molecule has 1 atom stereocenters. The van der Waals surface area contributed by atoms with E-state index in [1.807, 2.05) is 18.5 Å². The van der Waals surface area contributed by atoms with Gasteiger partial charge in [0.2, 0.25) is 0 Å². The first-order chi connectivity index (χ1) is 5.65. The van der Waals surface area contributed by atoms with Gasteiger partial charge in [0.25, 0.3) is 0 Å². The van der Waals surface area contributed by atoms with Gasteiger partial charge < -0.3 is 15.4 Å². The second-order valence-electron chi connectivity index (χ2n) is 2.77. The van der Waals surface area contributed by atoms with Crippen molar-refractivity contribution >= 4 is 5.69 Å². The van der Waals surface area contributed by atoms with Crippen molar-refractivity contribution < 1.29 is 5.11 Å². The van der Waals surface area contributed by atoms with Crippen molar-refractivity contribution in [2.75, 3.05) is 12.3 Å². The van der Waals surface area contributed by atoms with Crippen LogP contribution in [0.25, 0.3) is 0 Å². The molecule has 0 amide bonds. The number of hydrogen-bond donors (Lipinski definition) is 3. The van der Waals surface area contributed by atoms with E-state index in [0.29, 0.717) is 5.69 Å². The van der Waals surface area contributed by atoms with Crippen molar-refractivity contribution in [1.29, 1.82) is 0 Å². The lowest BCUT2D eigenvalue weighted by molar-refractivity contribution is 0.134. The molecule has 1 aromatic rings. The molecule has 0 aliphatic heterocycles. The summed E-state index contributed by atoms with van der Waals surface area (Å²) in [5, 5.41) is 12.4. The first-order valence-electron chi connectivity index (χ1n) is 3.98. The van der Waals surface area contributed by atoms with Gasteiger partial charge in [-0.1, -0.05) is 6.92 Å². The van der Waals surface area contributed by atoms with Gasteiger partial charge in [-0.25, -0.2) is 0 Å². The minimum atomic E-state index is -0.628. The van der Waals surface area contributed by atoms with Crippen molar-refractivity contribution in [1.82, 2.24) is 9.88 Å². The normalized spacial score (nSPS) is 13.2. The summed E-state index contributed by atoms with van der Waals surface area (Å²) in [5.41, 5.74) is 7.01. The molecule has 0 spiro atoms. The summed E-state index contributed by atoms with van der Waals surface area (Å²) in [6, 6.07) is 1.76. The lowest BCUT2D eigenvalue weighted by Crippen LogP contribution is -2.22. The Kier molecular flexibility index (Phi) is 2.73. The minimum Gasteiger partial charge on any atom is -0.397 e. The van der Waals surface area contributed by atoms with Crippen LogP contribution in [0.1, 0.15) is 18.8 Å². The second-order valence-corrected chi connectivity index (χ2v) is 2.77. The summed E-state index contributed by atoms with van der Waals surface area (Å²) in [6.45, 7) is 2.67. The Morgan fingerprint density at radius 3 is 2.83 bits per heavy atom. The molecule has 4 N–H and O–H groups in total. The zero-order valence-electron chi connectivity index (χ0n) is 7.41. The van der Waals surface area contributed by atoms with E-state index in [1.54, 1.807) is 12.3 Å². The smallest absolute Gasteiger partial charge is 0.146 e. The number of nitrogen functional groups attached to an aromatic ring is 1. The molecular formula is C8H15N3O. The van der Waals surface area contributed by atoms with Gasteiger partial charge in [-0.2, -0.15) is 0 Å². The van der Waals surface area contributed by atoms with Gasteiger partial charge in [0.15, 0.2) is 0 Å². The fourth-order valence-electron chi connectivity index (χ4n) is 1.18. The molecule has 4 nitrogen and oxygen atoms in total. The third kappa shape index (κ3) is 1.78. The van der Waals surface area contributed by atoms with Crippen molar-refractivity contribution in [2.24, 2.45) is 7.05 Å². The van der Waals surface area contributed by atoms with E-state index in [4.69, 9.17) is 5.73 Å². The predicted octanol–water partition coefficient (Wildman–Crippen LogP) is 0.208. The fourth-order valence-corrected chi connectivity index (χ4v) is 1.18. The predicted molar refractivity (Wildman–Crippen MR) is 48.5 cm³/mol. The van der Waals surface area contributed by atoms with Crippen LogP contribution in [0.5, 0.6) is 0 Å². The average Bonchev–Trinajstić information content (AvgIpc) is 2.30. The standard InChI is InChI=1S/C8H15N3O/c1-3-10-8(12)7-4-6(9)5-11(7)2/h4-5,8,10,12H,3,9H2,1-2H3. The van der Waals surface area contributed by atoms with E-state index in [1.165, 1.54) is 0 Å². The Balaban J connectivity index is 2.79. The number of rotatable bonds is 3. The van der Waals surface area contributed by atoms with E-state index < -0.39 is 6.23 Å². The Bertz CT molecular complexity index is 257. The molecule has 0 saturated heterocycles. The van der Waals surface area contributed by atoms with Gasteiger partial charge in [0, 0.05) is 18.9 Å². The molecule has 68 valence electrons. The SMILES string of the molecule is CCNC(O)c1cc(N)cn1C. The summed E-state index contributed by atoms with van der Waals surface area (Å²) in [7, 11) is 1.85. The van der Waals surface area contributed by atoms with Crippen LogP contribution in [0, 0.1) is 0 Å². The van der Waals surface area contributed by atoms with Gasteiger partial charge in [-0.15, -0.1) is 0 Å². The number of nitrogens with zero attached hydrogens (tertiary/aromatic N) is 1. The van der Waals surface area contributed by atoms with E-state index in [0.717, 1.165) is 12.2 Å². The molecule has 0 saturated carbocycles. The summed E-state index contributed by atoms with van der Waals surface area (Å²) < 4.78 is 1.81. The van der Waals surface area contributed by atoms with Crippen LogP contribution in [-0.2, 0) is 7.05 Å². The second kappa shape index (κ2) is 3.60. The molecule has 4 heteroatoms. The molecule has 0 bridgehead atoms. The molecule has 0 aliphatic carbocycles. The molecular weight excluding hydrogens is 154 g/mol. The third-order valence-corrected chi connectivity index (χ3v) is 1.74. The maximum atomic E-state index is 9.53. The van der Waals surface area contributed by atoms with Gasteiger partial charge in [-0.05, 0) is 12.6 Å². The number of anilines is 1. The number of nitrogens with two attached hydrogens (primary N) is 1. The molecule has 12 heavy (non-hydrogen) atoms. The zero-order valence-corrected chi connectivity index (χ0v) is 7.41. The molecule has 0 aromatic carbocycles. The van der Waals surface area contributed by atoms with Crippen LogP contribution >= 0.6 is 0 Å². The van der Waals surface area contributed by atoms with Gasteiger partial charge in [-0.3, -0.25) is 5.32 Å². The van der Waals surface area contributed by atoms with Crippen LogP contribution in [0.15, 0.2) is 12.3 Å². The lowest BCUT2D eigenvalue weighted by Gasteiger charge is -2.11. The fraction of sp³-hybridized carbons (Fsp3) is 0.500. The first kappa shape index (κ1) is 9.09. The van der Waals surface area contributed by atoms with Crippen molar-refractivity contribution in [3.05, 3.63) is 18.0 Å². The third-order valence-electron chi connectivity index (χ3n) is 1.74. The van der Waals surface area contributed by atoms with Crippen LogP contribution in [0.2, 0.25) is 0 Å². The molecule has 1 rings (SSSR count). The number of nitrogens with one attached hydrogen (secondary N) is 1. The maximum absolute atomic E-state index is 9.53. The number of hydrogen-bond acceptors (Lipinski definition) is 3. The molecule has 1 unspecified atom stereocenters. The molecule has 1 aromatic heterocycles. The van der Waals surface area contributed by atoms with E-state index in [9.17, 15) is 5.11 Å². The highest BCUT2D eigenvalue weighted by Gasteiger charge is 2.09. The van der Waals surface area contributed by atoms with Crippen LogP contribution in [0.3, 0.4) is 0 Å². The lowest BCUT2D eigenvalue weighted by atomic mass is 10.3. The summed E-state index contributed by atoms with van der Waals surface area (Å²) >= 11 is 0. The molecule has 0 radical (unpaired) electrons. The quantitative estimate of drug-likeness (QED) is 0.567. The Morgan fingerprint density at radius 2 is 2.42 bits per heavy atom. The summed E-state index contributed by atoms with van der Waals surface area (Å²) in [5.74, 6) is 0. The number of aliphatic hydroxyl groups excluding tert-OH is 1. The van der Waals surface area contributed by atoms with E-state index >= 15 is 0 Å². The highest BCUT2D eigenvalue weighted by atomic mass is 16.3. The van der Waals surface area contributed by atoms with Crippen molar-refractivity contribution in [3.63, 3.8) is 0 Å². The van der Waals surface area contributed by atoms with Gasteiger partial charge in [0.1, 0.15) is 6.23 Å². The van der Waals surface area contributed by atoms with Crippen LogP contribution in [-0.4, -0.2) is 16.2 Å². The molecule has 1 heterocycles. The Hall–Kier alpha value is -1.00. The van der Waals surface area contributed by atoms with Crippen LogP contribution in [0.4, 0.5) is 5.69 Å². The minimum absolute atomic E-state index is 0.628. The topological polar surface area (TPSA) is 63.2 Å². The van der Waals surface area contributed by atoms with Crippen molar-refractivity contribution in [3.8, 4) is 0 Å². The first-order valence-corrected chi connectivity index (χ1v) is 3.98. The molecule has 0 aliphatic rings.